The van der Waals surface area contributed by atoms with Crippen LogP contribution in [0.15, 0.2) is 0 Å². The minimum atomic E-state index is 0.0159. The van der Waals surface area contributed by atoms with Crippen molar-refractivity contribution in [2.75, 3.05) is 11.9 Å². The van der Waals surface area contributed by atoms with Crippen LogP contribution in [0.3, 0.4) is 0 Å². The fourth-order valence-corrected chi connectivity index (χ4v) is 2.88. The molecule has 0 radical (unpaired) electrons. The van der Waals surface area contributed by atoms with Crippen molar-refractivity contribution in [1.82, 2.24) is 4.90 Å². The molecule has 1 saturated carbocycles. The van der Waals surface area contributed by atoms with E-state index in [1.165, 1.54) is 11.3 Å². The molecule has 0 unspecified atom stereocenters. The van der Waals surface area contributed by atoms with Crippen molar-refractivity contribution in [2.45, 2.75) is 32.1 Å². The molecule has 14 heavy (non-hydrogen) atoms. The van der Waals surface area contributed by atoms with E-state index in [9.17, 15) is 9.59 Å². The third-order valence-corrected chi connectivity index (χ3v) is 4.54. The van der Waals surface area contributed by atoms with E-state index in [2.05, 4.69) is 15.9 Å². The van der Waals surface area contributed by atoms with E-state index in [1.807, 2.05) is 0 Å². The Bertz CT molecular complexity index is 252. The predicted molar refractivity (Wildman–Crippen MR) is 56.0 cm³/mol. The van der Waals surface area contributed by atoms with Gasteiger partial charge in [0.25, 0.3) is 0 Å². The summed E-state index contributed by atoms with van der Waals surface area (Å²) in [5.41, 5.74) is 0.190. The molecule has 2 fully saturated rings. The highest BCUT2D eigenvalue weighted by molar-refractivity contribution is 9.09. The molecule has 2 aliphatic rings. The maximum absolute atomic E-state index is 11.4. The van der Waals surface area contributed by atoms with Crippen LogP contribution in [0.4, 0.5) is 0 Å². The molecule has 0 atom stereocenters. The predicted octanol–water partition coefficient (Wildman–Crippen LogP) is 1.70. The second kappa shape index (κ2) is 3.65. The Labute approximate surface area is 92.0 Å². The van der Waals surface area contributed by atoms with Gasteiger partial charge in [0.2, 0.25) is 11.8 Å². The largest absolute Gasteiger partial charge is 0.282 e. The smallest absolute Gasteiger partial charge is 0.229 e. The number of alkyl halides is 1. The average molecular weight is 260 g/mol. The van der Waals surface area contributed by atoms with E-state index < -0.39 is 0 Å². The zero-order chi connectivity index (χ0) is 10.2. The summed E-state index contributed by atoms with van der Waals surface area (Å²) in [5.74, 6) is 0.0319. The standard InChI is InChI=1S/C10H14BrNO2/c11-6-10(4-1-5-10)7-12-8(13)2-3-9(12)14/h1-7H2. The van der Waals surface area contributed by atoms with Gasteiger partial charge in [-0.25, -0.2) is 0 Å². The lowest BCUT2D eigenvalue weighted by atomic mass is 9.70. The molecule has 0 bridgehead atoms. The van der Waals surface area contributed by atoms with Gasteiger partial charge in [-0.1, -0.05) is 22.4 Å². The van der Waals surface area contributed by atoms with Crippen molar-refractivity contribution in [3.05, 3.63) is 0 Å². The van der Waals surface area contributed by atoms with Crippen molar-refractivity contribution in [3.63, 3.8) is 0 Å². The van der Waals surface area contributed by atoms with Gasteiger partial charge in [-0.2, -0.15) is 0 Å². The Kier molecular flexibility index (Phi) is 2.64. The van der Waals surface area contributed by atoms with Crippen molar-refractivity contribution in [1.29, 1.82) is 0 Å². The van der Waals surface area contributed by atoms with Crippen LogP contribution in [-0.2, 0) is 9.59 Å². The molecule has 0 N–H and O–H groups in total. The molecule has 2 rings (SSSR count). The number of halogens is 1. The molecule has 4 heteroatoms. The molecule has 3 nitrogen and oxygen atoms in total. The Balaban J connectivity index is 2.02. The molecule has 1 saturated heterocycles. The van der Waals surface area contributed by atoms with Gasteiger partial charge in [0.1, 0.15) is 0 Å². The second-order valence-corrected chi connectivity index (χ2v) is 4.92. The lowest BCUT2D eigenvalue weighted by Gasteiger charge is -2.42. The summed E-state index contributed by atoms with van der Waals surface area (Å²) >= 11 is 3.48. The number of imide groups is 1. The summed E-state index contributed by atoms with van der Waals surface area (Å²) in [6.07, 6.45) is 4.32. The Hall–Kier alpha value is -0.380. The maximum atomic E-state index is 11.4. The van der Waals surface area contributed by atoms with Crippen LogP contribution in [0.5, 0.6) is 0 Å². The van der Waals surface area contributed by atoms with Gasteiger partial charge in [-0.15, -0.1) is 0 Å². The molecule has 0 aromatic carbocycles. The Morgan fingerprint density at radius 2 is 1.79 bits per heavy atom. The normalized spacial score (nSPS) is 25.4. The highest BCUT2D eigenvalue weighted by Gasteiger charge is 2.41. The van der Waals surface area contributed by atoms with Gasteiger partial charge in [-0.3, -0.25) is 14.5 Å². The lowest BCUT2D eigenvalue weighted by Crippen LogP contribution is -2.45. The first-order chi connectivity index (χ1) is 6.67. The van der Waals surface area contributed by atoms with Crippen LogP contribution in [0.2, 0.25) is 0 Å². The third-order valence-electron chi connectivity index (χ3n) is 3.35. The fourth-order valence-electron chi connectivity index (χ4n) is 2.15. The van der Waals surface area contributed by atoms with E-state index >= 15 is 0 Å². The van der Waals surface area contributed by atoms with Crippen LogP contribution in [0.25, 0.3) is 0 Å². The van der Waals surface area contributed by atoms with E-state index in [4.69, 9.17) is 0 Å². The number of amides is 2. The molecule has 2 amide bonds. The molecule has 0 aromatic rings. The van der Waals surface area contributed by atoms with E-state index in [0.29, 0.717) is 19.4 Å². The van der Waals surface area contributed by atoms with Gasteiger partial charge in [0, 0.05) is 24.7 Å². The number of likely N-dealkylation sites (tertiary alicyclic amines) is 1. The topological polar surface area (TPSA) is 37.4 Å². The molecule has 78 valence electrons. The van der Waals surface area contributed by atoms with Crippen LogP contribution < -0.4 is 0 Å². The number of hydrogen-bond donors (Lipinski definition) is 0. The van der Waals surface area contributed by atoms with Gasteiger partial charge >= 0.3 is 0 Å². The van der Waals surface area contributed by atoms with Crippen molar-refractivity contribution < 1.29 is 9.59 Å². The van der Waals surface area contributed by atoms with Crippen molar-refractivity contribution >= 4 is 27.7 Å². The number of hydrogen-bond acceptors (Lipinski definition) is 2. The minimum absolute atomic E-state index is 0.0159. The van der Waals surface area contributed by atoms with Crippen molar-refractivity contribution in [2.24, 2.45) is 5.41 Å². The zero-order valence-electron chi connectivity index (χ0n) is 8.09. The van der Waals surface area contributed by atoms with E-state index in [-0.39, 0.29) is 17.2 Å². The SMILES string of the molecule is O=C1CCC(=O)N1CC1(CBr)CCC1. The van der Waals surface area contributed by atoms with Gasteiger partial charge in [0.05, 0.1) is 0 Å². The summed E-state index contributed by atoms with van der Waals surface area (Å²) in [7, 11) is 0. The van der Waals surface area contributed by atoms with Crippen LogP contribution in [0, 0.1) is 5.41 Å². The minimum Gasteiger partial charge on any atom is -0.282 e. The first-order valence-electron chi connectivity index (χ1n) is 5.06. The summed E-state index contributed by atoms with van der Waals surface area (Å²) in [4.78, 5) is 24.3. The summed E-state index contributed by atoms with van der Waals surface area (Å²) in [6, 6.07) is 0. The third kappa shape index (κ3) is 1.60. The molecular formula is C10H14BrNO2. The number of rotatable bonds is 3. The first kappa shape index (κ1) is 10.1. The average Bonchev–Trinajstić information content (AvgIpc) is 2.41. The second-order valence-electron chi connectivity index (χ2n) is 4.36. The lowest BCUT2D eigenvalue weighted by molar-refractivity contribution is -0.141. The highest BCUT2D eigenvalue weighted by Crippen LogP contribution is 2.43. The van der Waals surface area contributed by atoms with Crippen LogP contribution in [-0.4, -0.2) is 28.6 Å². The summed E-state index contributed by atoms with van der Waals surface area (Å²) < 4.78 is 0. The molecule has 1 aliphatic carbocycles. The number of carbonyl (C=O) groups excluding carboxylic acids is 2. The first-order valence-corrected chi connectivity index (χ1v) is 6.18. The number of nitrogens with zero attached hydrogens (tertiary/aromatic N) is 1. The number of carbonyl (C=O) groups is 2. The molecule has 1 aliphatic heterocycles. The maximum Gasteiger partial charge on any atom is 0.229 e. The Morgan fingerprint density at radius 3 is 2.14 bits per heavy atom. The molecular weight excluding hydrogens is 246 g/mol. The zero-order valence-corrected chi connectivity index (χ0v) is 9.68. The van der Waals surface area contributed by atoms with E-state index in [0.717, 1.165) is 18.2 Å². The van der Waals surface area contributed by atoms with Gasteiger partial charge in [-0.05, 0) is 18.3 Å². The van der Waals surface area contributed by atoms with Gasteiger partial charge in [0.15, 0.2) is 0 Å². The van der Waals surface area contributed by atoms with E-state index in [1.54, 1.807) is 0 Å². The van der Waals surface area contributed by atoms with Crippen LogP contribution in [0.1, 0.15) is 32.1 Å². The monoisotopic (exact) mass is 259 g/mol. The summed E-state index contributed by atoms with van der Waals surface area (Å²) in [5, 5.41) is 0.900. The quantitative estimate of drug-likeness (QED) is 0.572. The molecule has 1 heterocycles. The van der Waals surface area contributed by atoms with Crippen molar-refractivity contribution in [3.8, 4) is 0 Å². The van der Waals surface area contributed by atoms with Gasteiger partial charge < -0.3 is 0 Å². The highest BCUT2D eigenvalue weighted by atomic mass is 79.9. The Morgan fingerprint density at radius 1 is 1.21 bits per heavy atom. The molecule has 0 aromatic heterocycles. The fraction of sp³-hybridized carbons (Fsp3) is 0.800. The van der Waals surface area contributed by atoms with Crippen LogP contribution >= 0.6 is 15.9 Å². The summed E-state index contributed by atoms with van der Waals surface area (Å²) in [6.45, 7) is 0.635. The molecule has 0 spiro atoms.